The fourth-order valence-electron chi connectivity index (χ4n) is 4.08. The Morgan fingerprint density at radius 3 is 2.51 bits per heavy atom. The smallest absolute Gasteiger partial charge is 0.293 e. The van der Waals surface area contributed by atoms with Gasteiger partial charge in [0.15, 0.2) is 11.5 Å². The maximum atomic E-state index is 13.0. The lowest BCUT2D eigenvalue weighted by Crippen LogP contribution is -2.27. The van der Waals surface area contributed by atoms with Crippen molar-refractivity contribution in [2.75, 3.05) is 7.11 Å². The molecule has 0 unspecified atom stereocenters. The second-order valence-electron chi connectivity index (χ2n) is 8.35. The van der Waals surface area contributed by atoms with Crippen LogP contribution in [0.2, 0.25) is 10.0 Å². The van der Waals surface area contributed by atoms with Gasteiger partial charge in [-0.25, -0.2) is 0 Å². The lowest BCUT2D eigenvalue weighted by atomic mass is 10.1. The predicted octanol–water partition coefficient (Wildman–Crippen LogP) is 7.97. The number of fused-ring (bicyclic) bond motifs is 1. The van der Waals surface area contributed by atoms with Crippen molar-refractivity contribution in [3.8, 4) is 11.5 Å². The Kier molecular flexibility index (Phi) is 7.42. The molecule has 0 spiro atoms. The maximum Gasteiger partial charge on any atom is 0.293 e. The van der Waals surface area contributed by atoms with Crippen LogP contribution >= 0.6 is 35.0 Å². The van der Waals surface area contributed by atoms with Crippen LogP contribution in [-0.4, -0.2) is 23.2 Å². The Balaban J connectivity index is 1.32. The van der Waals surface area contributed by atoms with E-state index in [4.69, 9.17) is 32.7 Å². The summed E-state index contributed by atoms with van der Waals surface area (Å²) in [6.45, 7) is 0.494. The van der Waals surface area contributed by atoms with Gasteiger partial charge < -0.3 is 9.47 Å². The first-order chi connectivity index (χ1) is 17.9. The fourth-order valence-corrected chi connectivity index (χ4v) is 5.23. The van der Waals surface area contributed by atoms with E-state index in [2.05, 4.69) is 18.2 Å². The Morgan fingerprint density at radius 1 is 0.892 bits per heavy atom. The van der Waals surface area contributed by atoms with Gasteiger partial charge in [0.25, 0.3) is 11.1 Å². The SMILES string of the molecule is COc1cc(/C=C2\SC(=O)N(Cc3ccc(Cl)c(Cl)c3)C2=O)ccc1OCc1cccc2ccccc12. The average molecular weight is 550 g/mol. The standard InChI is InChI=1S/C29H21Cl2NO4S/c1-35-26-14-18(10-12-25(26)36-17-21-7-4-6-20-5-2-3-8-22(20)21)15-27-28(33)32(29(34)37-27)16-19-9-11-23(30)24(31)13-19/h2-15H,16-17H2,1H3/b27-15-. The normalized spacial score (nSPS) is 14.6. The Bertz CT molecular complexity index is 1550. The molecule has 4 aromatic carbocycles. The molecule has 0 aromatic heterocycles. The molecule has 37 heavy (non-hydrogen) atoms. The molecule has 0 N–H and O–H groups in total. The number of carbonyl (C=O) groups excluding carboxylic acids is 2. The van der Waals surface area contributed by atoms with E-state index in [1.165, 1.54) is 4.90 Å². The van der Waals surface area contributed by atoms with Crippen molar-refractivity contribution in [1.29, 1.82) is 0 Å². The van der Waals surface area contributed by atoms with Crippen LogP contribution in [0.1, 0.15) is 16.7 Å². The van der Waals surface area contributed by atoms with Gasteiger partial charge >= 0.3 is 0 Å². The van der Waals surface area contributed by atoms with Crippen molar-refractivity contribution in [3.05, 3.63) is 111 Å². The summed E-state index contributed by atoms with van der Waals surface area (Å²) in [5, 5.41) is 2.73. The molecule has 0 aliphatic carbocycles. The summed E-state index contributed by atoms with van der Waals surface area (Å²) in [4.78, 5) is 27.0. The molecule has 1 saturated heterocycles. The zero-order valence-corrected chi connectivity index (χ0v) is 22.1. The fraction of sp³-hybridized carbons (Fsp3) is 0.103. The molecule has 1 fully saturated rings. The molecule has 0 atom stereocenters. The van der Waals surface area contributed by atoms with E-state index in [9.17, 15) is 9.59 Å². The average Bonchev–Trinajstić information content (AvgIpc) is 3.17. The topological polar surface area (TPSA) is 55.8 Å². The molecule has 0 bridgehead atoms. The molecule has 186 valence electrons. The highest BCUT2D eigenvalue weighted by atomic mass is 35.5. The summed E-state index contributed by atoms with van der Waals surface area (Å²) in [6, 6.07) is 24.7. The number of hydrogen-bond donors (Lipinski definition) is 0. The van der Waals surface area contributed by atoms with Crippen molar-refractivity contribution in [1.82, 2.24) is 4.90 Å². The van der Waals surface area contributed by atoms with Crippen LogP contribution in [0, 0.1) is 0 Å². The minimum Gasteiger partial charge on any atom is -0.493 e. The second-order valence-corrected chi connectivity index (χ2v) is 10.2. The third kappa shape index (κ3) is 5.47. The molecule has 1 heterocycles. The quantitative estimate of drug-likeness (QED) is 0.219. The highest BCUT2D eigenvalue weighted by molar-refractivity contribution is 8.18. The lowest BCUT2D eigenvalue weighted by molar-refractivity contribution is -0.123. The molecule has 5 rings (SSSR count). The second kappa shape index (κ2) is 10.9. The molecular formula is C29H21Cl2NO4S. The van der Waals surface area contributed by atoms with Crippen molar-refractivity contribution < 1.29 is 19.1 Å². The highest BCUT2D eigenvalue weighted by Gasteiger charge is 2.35. The van der Waals surface area contributed by atoms with Crippen LogP contribution in [-0.2, 0) is 17.9 Å². The summed E-state index contributed by atoms with van der Waals surface area (Å²) in [5.41, 5.74) is 2.50. The molecule has 4 aromatic rings. The van der Waals surface area contributed by atoms with E-state index in [-0.39, 0.29) is 17.7 Å². The number of methoxy groups -OCH3 is 1. The number of thioether (sulfide) groups is 1. The molecule has 5 nitrogen and oxygen atoms in total. The van der Waals surface area contributed by atoms with Gasteiger partial charge in [0, 0.05) is 0 Å². The number of halogens is 2. The van der Waals surface area contributed by atoms with Gasteiger partial charge in [0.1, 0.15) is 6.61 Å². The summed E-state index contributed by atoms with van der Waals surface area (Å²) in [7, 11) is 1.56. The molecule has 2 amide bonds. The molecule has 1 aliphatic rings. The summed E-state index contributed by atoms with van der Waals surface area (Å²) < 4.78 is 11.6. The largest absolute Gasteiger partial charge is 0.493 e. The van der Waals surface area contributed by atoms with Crippen LogP contribution < -0.4 is 9.47 Å². The zero-order chi connectivity index (χ0) is 25.9. The van der Waals surface area contributed by atoms with Gasteiger partial charge in [0.2, 0.25) is 0 Å². The number of benzene rings is 4. The Morgan fingerprint density at radius 2 is 1.70 bits per heavy atom. The third-order valence-corrected chi connectivity index (χ3v) is 7.59. The van der Waals surface area contributed by atoms with Crippen molar-refractivity contribution >= 4 is 63.0 Å². The third-order valence-electron chi connectivity index (χ3n) is 5.95. The summed E-state index contributed by atoms with van der Waals surface area (Å²) in [5.74, 6) is 0.751. The lowest BCUT2D eigenvalue weighted by Gasteiger charge is -2.13. The van der Waals surface area contributed by atoms with Gasteiger partial charge in [0.05, 0.1) is 28.6 Å². The van der Waals surface area contributed by atoms with Gasteiger partial charge in [-0.15, -0.1) is 0 Å². The highest BCUT2D eigenvalue weighted by Crippen LogP contribution is 2.36. The van der Waals surface area contributed by atoms with Gasteiger partial charge in [-0.1, -0.05) is 77.8 Å². The predicted molar refractivity (Wildman–Crippen MR) is 149 cm³/mol. The molecule has 0 saturated carbocycles. The van der Waals surface area contributed by atoms with Gasteiger partial charge in [-0.05, 0) is 69.6 Å². The van der Waals surface area contributed by atoms with E-state index in [0.717, 1.165) is 33.7 Å². The summed E-state index contributed by atoms with van der Waals surface area (Å²) in [6.07, 6.45) is 1.68. The van der Waals surface area contributed by atoms with Crippen LogP contribution in [0.15, 0.2) is 83.8 Å². The van der Waals surface area contributed by atoms with Crippen molar-refractivity contribution in [2.45, 2.75) is 13.2 Å². The first-order valence-electron chi connectivity index (χ1n) is 11.4. The minimum absolute atomic E-state index is 0.114. The molecule has 0 radical (unpaired) electrons. The minimum atomic E-state index is -0.365. The van der Waals surface area contributed by atoms with Crippen LogP contribution in [0.25, 0.3) is 16.8 Å². The molecule has 8 heteroatoms. The first kappa shape index (κ1) is 25.2. The Hall–Kier alpha value is -3.45. The van der Waals surface area contributed by atoms with E-state index in [1.807, 2.05) is 30.3 Å². The van der Waals surface area contributed by atoms with Crippen molar-refractivity contribution in [2.24, 2.45) is 0 Å². The van der Waals surface area contributed by atoms with Gasteiger partial charge in [-0.3, -0.25) is 14.5 Å². The van der Waals surface area contributed by atoms with E-state index >= 15 is 0 Å². The monoisotopic (exact) mass is 549 g/mol. The Labute approximate surface area is 228 Å². The van der Waals surface area contributed by atoms with Gasteiger partial charge in [-0.2, -0.15) is 0 Å². The van der Waals surface area contributed by atoms with Crippen LogP contribution in [0.3, 0.4) is 0 Å². The van der Waals surface area contributed by atoms with Crippen LogP contribution in [0.4, 0.5) is 4.79 Å². The van der Waals surface area contributed by atoms with Crippen LogP contribution in [0.5, 0.6) is 11.5 Å². The maximum absolute atomic E-state index is 13.0. The number of hydrogen-bond acceptors (Lipinski definition) is 5. The number of imide groups is 1. The van der Waals surface area contributed by atoms with E-state index in [1.54, 1.807) is 43.5 Å². The summed E-state index contributed by atoms with van der Waals surface area (Å²) >= 11 is 12.9. The zero-order valence-electron chi connectivity index (χ0n) is 19.7. The number of ether oxygens (including phenoxy) is 2. The number of amides is 2. The number of carbonyl (C=O) groups is 2. The van der Waals surface area contributed by atoms with Crippen molar-refractivity contribution in [3.63, 3.8) is 0 Å². The number of rotatable bonds is 7. The number of nitrogens with zero attached hydrogens (tertiary/aromatic N) is 1. The van der Waals surface area contributed by atoms with E-state index < -0.39 is 0 Å². The first-order valence-corrected chi connectivity index (χ1v) is 13.0. The van der Waals surface area contributed by atoms with E-state index in [0.29, 0.717) is 38.6 Å². The molecular weight excluding hydrogens is 529 g/mol. The molecule has 1 aliphatic heterocycles.